The molecule has 0 heterocycles. The number of nitrogens with one attached hydrogen (secondary N) is 1. The summed E-state index contributed by atoms with van der Waals surface area (Å²) >= 11 is 0. The van der Waals surface area contributed by atoms with Crippen LogP contribution in [0.1, 0.15) is 31.4 Å². The Hall–Kier alpha value is -1.60. The first-order valence-corrected chi connectivity index (χ1v) is 7.62. The van der Waals surface area contributed by atoms with Crippen molar-refractivity contribution in [3.05, 3.63) is 71.8 Å². The summed E-state index contributed by atoms with van der Waals surface area (Å²) in [6.45, 7) is 4.50. The lowest BCUT2D eigenvalue weighted by Gasteiger charge is -2.23. The average Bonchev–Trinajstić information content (AvgIpc) is 2.49. The molecule has 0 fully saturated rings. The van der Waals surface area contributed by atoms with Crippen LogP contribution in [0.5, 0.6) is 0 Å². The van der Waals surface area contributed by atoms with E-state index in [2.05, 4.69) is 79.8 Å². The predicted molar refractivity (Wildman–Crippen MR) is 87.0 cm³/mol. The van der Waals surface area contributed by atoms with Gasteiger partial charge in [0.25, 0.3) is 0 Å². The van der Waals surface area contributed by atoms with Crippen LogP contribution in [-0.2, 0) is 12.8 Å². The maximum Gasteiger partial charge on any atom is 0.0150 e. The smallest absolute Gasteiger partial charge is 0.0150 e. The van der Waals surface area contributed by atoms with E-state index in [-0.39, 0.29) is 0 Å². The SMILES string of the molecule is CCC(C)NC(Cc1ccccc1)Cc1ccccc1. The minimum absolute atomic E-state index is 0.495. The standard InChI is InChI=1S/C19H25N/c1-3-16(2)20-19(14-17-10-6-4-7-11-17)15-18-12-8-5-9-13-18/h4-13,16,19-20H,3,14-15H2,1-2H3. The Kier molecular flexibility index (Phi) is 5.82. The third kappa shape index (κ3) is 4.82. The van der Waals surface area contributed by atoms with Crippen molar-refractivity contribution in [2.24, 2.45) is 0 Å². The fourth-order valence-corrected chi connectivity index (χ4v) is 2.51. The second kappa shape index (κ2) is 7.86. The summed E-state index contributed by atoms with van der Waals surface area (Å²) in [5.41, 5.74) is 2.81. The van der Waals surface area contributed by atoms with Crippen LogP contribution in [0, 0.1) is 0 Å². The fraction of sp³-hybridized carbons (Fsp3) is 0.368. The lowest BCUT2D eigenvalue weighted by molar-refractivity contribution is 0.430. The molecule has 0 aliphatic rings. The van der Waals surface area contributed by atoms with Gasteiger partial charge in [0.1, 0.15) is 0 Å². The van der Waals surface area contributed by atoms with Gasteiger partial charge in [0.05, 0.1) is 0 Å². The van der Waals surface area contributed by atoms with Crippen LogP contribution in [-0.4, -0.2) is 12.1 Å². The molecule has 0 aliphatic carbocycles. The lowest BCUT2D eigenvalue weighted by Crippen LogP contribution is -2.39. The van der Waals surface area contributed by atoms with Gasteiger partial charge in [-0.3, -0.25) is 0 Å². The minimum atomic E-state index is 0.495. The van der Waals surface area contributed by atoms with E-state index in [1.54, 1.807) is 0 Å². The summed E-state index contributed by atoms with van der Waals surface area (Å²) in [4.78, 5) is 0. The molecule has 1 nitrogen and oxygen atoms in total. The molecule has 0 aliphatic heterocycles. The van der Waals surface area contributed by atoms with Gasteiger partial charge in [0, 0.05) is 12.1 Å². The molecule has 1 N–H and O–H groups in total. The van der Waals surface area contributed by atoms with E-state index in [1.807, 2.05) is 0 Å². The Bertz CT molecular complexity index is 436. The highest BCUT2D eigenvalue weighted by Crippen LogP contribution is 2.10. The molecule has 0 saturated heterocycles. The van der Waals surface area contributed by atoms with Crippen LogP contribution in [0.3, 0.4) is 0 Å². The zero-order valence-electron chi connectivity index (χ0n) is 12.5. The molecule has 2 aromatic rings. The minimum Gasteiger partial charge on any atom is -0.311 e. The van der Waals surface area contributed by atoms with E-state index < -0.39 is 0 Å². The summed E-state index contributed by atoms with van der Waals surface area (Å²) in [5, 5.41) is 3.76. The predicted octanol–water partition coefficient (Wildman–Crippen LogP) is 4.23. The molecular formula is C19H25N. The molecule has 106 valence electrons. The van der Waals surface area contributed by atoms with Crippen molar-refractivity contribution in [1.29, 1.82) is 0 Å². The van der Waals surface area contributed by atoms with E-state index in [1.165, 1.54) is 17.5 Å². The first-order valence-electron chi connectivity index (χ1n) is 7.62. The van der Waals surface area contributed by atoms with E-state index >= 15 is 0 Å². The summed E-state index contributed by atoms with van der Waals surface area (Å²) in [6, 6.07) is 22.6. The second-order valence-electron chi connectivity index (χ2n) is 5.55. The highest BCUT2D eigenvalue weighted by atomic mass is 14.9. The summed E-state index contributed by atoms with van der Waals surface area (Å²) < 4.78 is 0. The third-order valence-corrected chi connectivity index (χ3v) is 3.78. The summed E-state index contributed by atoms with van der Waals surface area (Å²) in [7, 11) is 0. The van der Waals surface area contributed by atoms with Crippen LogP contribution in [0.4, 0.5) is 0 Å². The number of hydrogen-bond acceptors (Lipinski definition) is 1. The molecule has 0 radical (unpaired) electrons. The van der Waals surface area contributed by atoms with Crippen LogP contribution in [0.15, 0.2) is 60.7 Å². The van der Waals surface area contributed by atoms with E-state index in [0.717, 1.165) is 12.8 Å². The van der Waals surface area contributed by atoms with E-state index in [9.17, 15) is 0 Å². The maximum atomic E-state index is 3.76. The molecule has 2 aromatic carbocycles. The van der Waals surface area contributed by atoms with Gasteiger partial charge in [0.2, 0.25) is 0 Å². The van der Waals surface area contributed by atoms with Gasteiger partial charge in [-0.2, -0.15) is 0 Å². The average molecular weight is 267 g/mol. The third-order valence-electron chi connectivity index (χ3n) is 3.78. The van der Waals surface area contributed by atoms with Crippen LogP contribution < -0.4 is 5.32 Å². The molecular weight excluding hydrogens is 242 g/mol. The molecule has 1 heteroatoms. The van der Waals surface area contributed by atoms with Crippen molar-refractivity contribution in [1.82, 2.24) is 5.32 Å². The fourth-order valence-electron chi connectivity index (χ4n) is 2.51. The topological polar surface area (TPSA) is 12.0 Å². The van der Waals surface area contributed by atoms with Crippen LogP contribution >= 0.6 is 0 Å². The van der Waals surface area contributed by atoms with Crippen molar-refractivity contribution in [3.63, 3.8) is 0 Å². The molecule has 0 saturated carbocycles. The van der Waals surface area contributed by atoms with Gasteiger partial charge in [-0.25, -0.2) is 0 Å². The Morgan fingerprint density at radius 2 is 1.25 bits per heavy atom. The quantitative estimate of drug-likeness (QED) is 0.791. The first-order chi connectivity index (χ1) is 9.78. The first kappa shape index (κ1) is 14.8. The molecule has 0 aromatic heterocycles. The van der Waals surface area contributed by atoms with Crippen molar-refractivity contribution >= 4 is 0 Å². The zero-order chi connectivity index (χ0) is 14.2. The number of benzene rings is 2. The van der Waals surface area contributed by atoms with Gasteiger partial charge in [0.15, 0.2) is 0 Å². The van der Waals surface area contributed by atoms with E-state index in [0.29, 0.717) is 12.1 Å². The van der Waals surface area contributed by atoms with Crippen molar-refractivity contribution in [3.8, 4) is 0 Å². The Balaban J connectivity index is 2.04. The van der Waals surface area contributed by atoms with Crippen molar-refractivity contribution in [2.75, 3.05) is 0 Å². The second-order valence-corrected chi connectivity index (χ2v) is 5.55. The molecule has 20 heavy (non-hydrogen) atoms. The van der Waals surface area contributed by atoms with Crippen LogP contribution in [0.25, 0.3) is 0 Å². The summed E-state index contributed by atoms with van der Waals surface area (Å²) in [5.74, 6) is 0. The molecule has 1 unspecified atom stereocenters. The zero-order valence-corrected chi connectivity index (χ0v) is 12.5. The van der Waals surface area contributed by atoms with Gasteiger partial charge < -0.3 is 5.32 Å². The molecule has 1 atom stereocenters. The normalized spacial score (nSPS) is 12.6. The largest absolute Gasteiger partial charge is 0.311 e. The molecule has 2 rings (SSSR count). The van der Waals surface area contributed by atoms with Crippen molar-refractivity contribution < 1.29 is 0 Å². The van der Waals surface area contributed by atoms with Gasteiger partial charge >= 0.3 is 0 Å². The van der Waals surface area contributed by atoms with Gasteiger partial charge in [-0.05, 0) is 37.3 Å². The Morgan fingerprint density at radius 1 is 0.800 bits per heavy atom. The van der Waals surface area contributed by atoms with Gasteiger partial charge in [-0.1, -0.05) is 67.6 Å². The highest BCUT2D eigenvalue weighted by Gasteiger charge is 2.12. The number of hydrogen-bond donors (Lipinski definition) is 1. The Labute approximate surface area is 123 Å². The van der Waals surface area contributed by atoms with Crippen LogP contribution in [0.2, 0.25) is 0 Å². The monoisotopic (exact) mass is 267 g/mol. The molecule has 0 spiro atoms. The summed E-state index contributed by atoms with van der Waals surface area (Å²) in [6.07, 6.45) is 3.33. The molecule has 0 bridgehead atoms. The van der Waals surface area contributed by atoms with Crippen molar-refractivity contribution in [2.45, 2.75) is 45.2 Å². The molecule has 0 amide bonds. The maximum absolute atomic E-state index is 3.76. The van der Waals surface area contributed by atoms with Gasteiger partial charge in [-0.15, -0.1) is 0 Å². The Morgan fingerprint density at radius 3 is 1.65 bits per heavy atom. The van der Waals surface area contributed by atoms with E-state index in [4.69, 9.17) is 0 Å². The highest BCUT2D eigenvalue weighted by molar-refractivity contribution is 5.19. The lowest BCUT2D eigenvalue weighted by atomic mass is 9.98. The number of rotatable bonds is 7.